The molecule has 1 aromatic carbocycles. The van der Waals surface area contributed by atoms with Gasteiger partial charge in [0.2, 0.25) is 5.91 Å². The van der Waals surface area contributed by atoms with Crippen LogP contribution in [0.2, 0.25) is 0 Å². The number of anilines is 2. The summed E-state index contributed by atoms with van der Waals surface area (Å²) in [4.78, 5) is 45.0. The topological polar surface area (TPSA) is 87.5 Å². The average Bonchev–Trinajstić information content (AvgIpc) is 3.28. The van der Waals surface area contributed by atoms with Crippen LogP contribution in [0.25, 0.3) is 0 Å². The monoisotopic (exact) mass is 381 g/mol. The van der Waals surface area contributed by atoms with Gasteiger partial charge in [0, 0.05) is 31.4 Å². The largest absolute Gasteiger partial charge is 0.322 e. The summed E-state index contributed by atoms with van der Waals surface area (Å²) in [5, 5.41) is 2.93. The molecule has 146 valence electrons. The summed E-state index contributed by atoms with van der Waals surface area (Å²) in [5.74, 6) is 0.734. The molecule has 0 spiro atoms. The highest BCUT2D eigenvalue weighted by molar-refractivity contribution is 5.97. The average molecular weight is 381 g/mol. The van der Waals surface area contributed by atoms with E-state index in [1.165, 1.54) is 4.57 Å². The van der Waals surface area contributed by atoms with Crippen molar-refractivity contribution in [3.05, 3.63) is 51.2 Å². The molecule has 28 heavy (non-hydrogen) atoms. The molecule has 1 aromatic heterocycles. The summed E-state index contributed by atoms with van der Waals surface area (Å²) in [6, 6.07) is 5.35. The molecule has 2 aliphatic heterocycles. The zero-order valence-electron chi connectivity index (χ0n) is 16.3. The first-order chi connectivity index (χ1) is 13.3. The molecular weight excluding hydrogens is 358 g/mol. The van der Waals surface area contributed by atoms with Crippen molar-refractivity contribution in [1.82, 2.24) is 14.5 Å². The van der Waals surface area contributed by atoms with Crippen molar-refractivity contribution < 1.29 is 9.59 Å². The number of nitrogens with zero attached hydrogens (tertiary/aromatic N) is 4. The Morgan fingerprint density at radius 3 is 2.68 bits per heavy atom. The molecule has 1 saturated heterocycles. The predicted molar refractivity (Wildman–Crippen MR) is 105 cm³/mol. The number of urea groups is 1. The molecule has 2 aromatic rings. The minimum Gasteiger partial charge on any atom is -0.314 e. The van der Waals surface area contributed by atoms with Crippen molar-refractivity contribution in [2.75, 3.05) is 16.8 Å². The highest BCUT2D eigenvalue weighted by Gasteiger charge is 2.28. The van der Waals surface area contributed by atoms with Gasteiger partial charge in [0.15, 0.2) is 0 Å². The quantitative estimate of drug-likeness (QED) is 0.863. The number of benzene rings is 1. The summed E-state index contributed by atoms with van der Waals surface area (Å²) in [6.07, 6.45) is 1.41. The maximum absolute atomic E-state index is 12.8. The molecule has 0 aliphatic carbocycles. The van der Waals surface area contributed by atoms with E-state index < -0.39 is 0 Å². The number of amides is 3. The van der Waals surface area contributed by atoms with Crippen LogP contribution in [0.3, 0.4) is 0 Å². The molecular formula is C20H23N5O3. The van der Waals surface area contributed by atoms with Gasteiger partial charge in [-0.3, -0.25) is 14.2 Å². The second-order valence-corrected chi connectivity index (χ2v) is 7.38. The molecule has 3 heterocycles. The van der Waals surface area contributed by atoms with Gasteiger partial charge in [-0.2, -0.15) is 0 Å². The zero-order valence-corrected chi connectivity index (χ0v) is 16.3. The fourth-order valence-electron chi connectivity index (χ4n) is 3.70. The minimum absolute atomic E-state index is 0.105. The van der Waals surface area contributed by atoms with Gasteiger partial charge in [-0.05, 0) is 38.0 Å². The summed E-state index contributed by atoms with van der Waals surface area (Å²) < 4.78 is 1.50. The zero-order chi connectivity index (χ0) is 20.0. The van der Waals surface area contributed by atoms with E-state index in [2.05, 4.69) is 10.3 Å². The molecule has 2 aliphatic rings. The Morgan fingerprint density at radius 2 is 1.96 bits per heavy atom. The van der Waals surface area contributed by atoms with Crippen molar-refractivity contribution in [3.8, 4) is 0 Å². The third-order valence-electron chi connectivity index (χ3n) is 5.52. The Hall–Kier alpha value is -3.16. The smallest absolute Gasteiger partial charge is 0.314 e. The predicted octanol–water partition coefficient (Wildman–Crippen LogP) is 2.07. The van der Waals surface area contributed by atoms with Crippen molar-refractivity contribution in [1.29, 1.82) is 0 Å². The van der Waals surface area contributed by atoms with Crippen LogP contribution in [-0.2, 0) is 24.9 Å². The van der Waals surface area contributed by atoms with Gasteiger partial charge in [-0.15, -0.1) is 0 Å². The van der Waals surface area contributed by atoms with E-state index in [1.54, 1.807) is 23.8 Å². The number of aryl methyl sites for hydroxylation is 2. The molecule has 0 bridgehead atoms. The van der Waals surface area contributed by atoms with Crippen LogP contribution in [-0.4, -0.2) is 32.9 Å². The van der Waals surface area contributed by atoms with Crippen LogP contribution in [0.5, 0.6) is 0 Å². The summed E-state index contributed by atoms with van der Waals surface area (Å²) >= 11 is 0. The molecule has 3 amide bonds. The number of rotatable bonds is 2. The van der Waals surface area contributed by atoms with Gasteiger partial charge in [-0.25, -0.2) is 9.78 Å². The third kappa shape index (κ3) is 3.04. The fourth-order valence-corrected chi connectivity index (χ4v) is 3.70. The number of hydrogen-bond donors (Lipinski definition) is 1. The second-order valence-electron chi connectivity index (χ2n) is 7.38. The van der Waals surface area contributed by atoms with Gasteiger partial charge < -0.3 is 15.1 Å². The van der Waals surface area contributed by atoms with Gasteiger partial charge in [0.1, 0.15) is 5.82 Å². The first-order valence-electron chi connectivity index (χ1n) is 9.37. The summed E-state index contributed by atoms with van der Waals surface area (Å²) in [6.45, 7) is 4.93. The molecule has 0 radical (unpaired) electrons. The number of nitrogens with one attached hydrogen (secondary N) is 1. The van der Waals surface area contributed by atoms with E-state index in [0.717, 1.165) is 17.7 Å². The lowest BCUT2D eigenvalue weighted by Gasteiger charge is -2.20. The van der Waals surface area contributed by atoms with Crippen LogP contribution in [0.4, 0.5) is 16.2 Å². The van der Waals surface area contributed by atoms with Gasteiger partial charge in [-0.1, -0.05) is 6.07 Å². The fraction of sp³-hybridized carbons (Fsp3) is 0.400. The van der Waals surface area contributed by atoms with Crippen molar-refractivity contribution in [3.63, 3.8) is 0 Å². The van der Waals surface area contributed by atoms with E-state index in [0.29, 0.717) is 42.3 Å². The Balaban J connectivity index is 1.54. The highest BCUT2D eigenvalue weighted by atomic mass is 16.2. The lowest BCUT2D eigenvalue weighted by Crippen LogP contribution is -2.31. The SMILES string of the molecule is Cc1ccc(N2CCCC2=O)cc1NC(=O)N1Cc2nc(C)n(C)c(=O)c2C1. The third-order valence-corrected chi connectivity index (χ3v) is 5.52. The molecule has 0 unspecified atom stereocenters. The van der Waals surface area contributed by atoms with E-state index >= 15 is 0 Å². The van der Waals surface area contributed by atoms with Crippen LogP contribution in [0.1, 0.15) is 35.5 Å². The number of aromatic nitrogens is 2. The van der Waals surface area contributed by atoms with E-state index in [9.17, 15) is 14.4 Å². The Kier molecular flexibility index (Phi) is 4.41. The minimum atomic E-state index is -0.286. The molecule has 0 saturated carbocycles. The Morgan fingerprint density at radius 1 is 1.18 bits per heavy atom. The Bertz CT molecular complexity index is 1040. The van der Waals surface area contributed by atoms with E-state index in [1.807, 2.05) is 25.1 Å². The van der Waals surface area contributed by atoms with Crippen LogP contribution in [0.15, 0.2) is 23.0 Å². The van der Waals surface area contributed by atoms with Crippen molar-refractivity contribution >= 4 is 23.3 Å². The first-order valence-corrected chi connectivity index (χ1v) is 9.37. The maximum atomic E-state index is 12.8. The molecule has 8 nitrogen and oxygen atoms in total. The summed E-state index contributed by atoms with van der Waals surface area (Å²) in [7, 11) is 1.68. The number of carbonyl (C=O) groups excluding carboxylic acids is 2. The van der Waals surface area contributed by atoms with Crippen LogP contribution in [0, 0.1) is 13.8 Å². The van der Waals surface area contributed by atoms with E-state index in [-0.39, 0.29) is 24.0 Å². The van der Waals surface area contributed by atoms with Gasteiger partial charge >= 0.3 is 6.03 Å². The molecule has 0 atom stereocenters. The normalized spacial score (nSPS) is 15.9. The lowest BCUT2D eigenvalue weighted by molar-refractivity contribution is -0.117. The van der Waals surface area contributed by atoms with Gasteiger partial charge in [0.05, 0.1) is 24.3 Å². The lowest BCUT2D eigenvalue weighted by atomic mass is 10.1. The molecule has 8 heteroatoms. The number of carbonyl (C=O) groups is 2. The molecule has 1 fully saturated rings. The highest BCUT2D eigenvalue weighted by Crippen LogP contribution is 2.28. The first kappa shape index (κ1) is 18.2. The van der Waals surface area contributed by atoms with E-state index in [4.69, 9.17) is 0 Å². The summed E-state index contributed by atoms with van der Waals surface area (Å²) in [5.41, 5.74) is 3.48. The Labute approximate surface area is 162 Å². The van der Waals surface area contributed by atoms with Crippen LogP contribution < -0.4 is 15.8 Å². The second kappa shape index (κ2) is 6.78. The standard InChI is InChI=1S/C20H23N5O3/c1-12-6-7-14(25-8-4-5-18(25)26)9-16(12)22-20(28)24-10-15-17(11-24)21-13(2)23(3)19(15)27/h6-7,9H,4-5,8,10-11H2,1-3H3,(H,22,28). The van der Waals surface area contributed by atoms with Crippen molar-refractivity contribution in [2.24, 2.45) is 7.05 Å². The molecule has 1 N–H and O–H groups in total. The van der Waals surface area contributed by atoms with Gasteiger partial charge in [0.25, 0.3) is 5.56 Å². The number of fused-ring (bicyclic) bond motifs is 1. The van der Waals surface area contributed by atoms with Crippen LogP contribution >= 0.6 is 0 Å². The van der Waals surface area contributed by atoms with Crippen molar-refractivity contribution in [2.45, 2.75) is 39.8 Å². The number of hydrogen-bond acceptors (Lipinski definition) is 4. The molecule has 4 rings (SSSR count). The maximum Gasteiger partial charge on any atom is 0.322 e.